The number of hydrogen-bond acceptors (Lipinski definition) is 4. The van der Waals surface area contributed by atoms with Gasteiger partial charge in [0.1, 0.15) is 0 Å². The lowest BCUT2D eigenvalue weighted by Gasteiger charge is -2.47. The molecule has 0 heterocycles. The molecule has 1 aliphatic rings. The summed E-state index contributed by atoms with van der Waals surface area (Å²) in [6.45, 7) is 0. The van der Waals surface area contributed by atoms with Gasteiger partial charge in [-0.25, -0.2) is 13.2 Å². The van der Waals surface area contributed by atoms with Crippen molar-refractivity contribution < 1.29 is 44.4 Å². The highest BCUT2D eigenvalue weighted by molar-refractivity contribution is 7.87. The molecular formula is C15H15F5O5S. The Hall–Kier alpha value is -1.72. The van der Waals surface area contributed by atoms with Gasteiger partial charge in [0.15, 0.2) is 17.7 Å². The van der Waals surface area contributed by atoms with Gasteiger partial charge in [0.05, 0.1) is 7.11 Å². The van der Waals surface area contributed by atoms with E-state index < -0.39 is 50.8 Å². The summed E-state index contributed by atoms with van der Waals surface area (Å²) in [5.74, 6) is -9.04. The number of methoxy groups -OCH3 is 2. The van der Waals surface area contributed by atoms with E-state index >= 15 is 8.78 Å². The highest BCUT2D eigenvalue weighted by Gasteiger charge is 2.82. The van der Waals surface area contributed by atoms with Crippen molar-refractivity contribution in [2.45, 2.75) is 29.1 Å². The van der Waals surface area contributed by atoms with Gasteiger partial charge in [-0.3, -0.25) is 4.55 Å². The van der Waals surface area contributed by atoms with E-state index in [1.54, 1.807) is 0 Å². The SMILES string of the molecule is COC1=C(F)C(F)(S(=O)(=O)O)C(F)(Cc2ccccc2)C(F)(F)C1OC. The highest BCUT2D eigenvalue weighted by Crippen LogP contribution is 2.58. The minimum absolute atomic E-state index is 0.260. The maximum Gasteiger partial charge on any atom is 0.328 e. The minimum atomic E-state index is -6.34. The Bertz CT molecular complexity index is 813. The lowest BCUT2D eigenvalue weighted by Crippen LogP contribution is -2.71. The fourth-order valence-corrected chi connectivity index (χ4v) is 3.86. The molecule has 26 heavy (non-hydrogen) atoms. The predicted octanol–water partition coefficient (Wildman–Crippen LogP) is 2.98. The third-order valence-electron chi connectivity index (χ3n) is 4.21. The number of ether oxygens (including phenoxy) is 2. The molecule has 1 N–H and O–H groups in total. The Kier molecular flexibility index (Phi) is 5.12. The van der Waals surface area contributed by atoms with Crippen LogP contribution in [0, 0.1) is 0 Å². The molecule has 146 valence electrons. The standard InChI is InChI=1S/C15H15F5O5S/c1-24-10-11(16)15(20,26(21,22)23)13(17,14(18,19)12(10)25-2)8-9-6-4-3-5-7-9/h3-7,12H,8H2,1-2H3,(H,21,22,23). The molecule has 0 radical (unpaired) electrons. The topological polar surface area (TPSA) is 72.8 Å². The van der Waals surface area contributed by atoms with Crippen LogP contribution in [0.3, 0.4) is 0 Å². The van der Waals surface area contributed by atoms with Crippen molar-refractivity contribution in [1.82, 2.24) is 0 Å². The second-order valence-corrected chi connectivity index (χ2v) is 7.17. The van der Waals surface area contributed by atoms with E-state index in [1.807, 2.05) is 0 Å². The van der Waals surface area contributed by atoms with Crippen LogP contribution in [0.5, 0.6) is 0 Å². The van der Waals surface area contributed by atoms with E-state index in [-0.39, 0.29) is 5.56 Å². The molecule has 2 rings (SSSR count). The monoisotopic (exact) mass is 402 g/mol. The molecule has 0 aliphatic heterocycles. The molecule has 5 nitrogen and oxygen atoms in total. The fraction of sp³-hybridized carbons (Fsp3) is 0.467. The molecule has 3 unspecified atom stereocenters. The van der Waals surface area contributed by atoms with Gasteiger partial charge in [-0.15, -0.1) is 0 Å². The van der Waals surface area contributed by atoms with Crippen LogP contribution in [-0.2, 0) is 26.0 Å². The molecule has 0 fully saturated rings. The quantitative estimate of drug-likeness (QED) is 0.606. The number of benzene rings is 1. The van der Waals surface area contributed by atoms with E-state index in [1.165, 1.54) is 18.2 Å². The molecule has 0 amide bonds. The first-order valence-corrected chi connectivity index (χ1v) is 8.56. The van der Waals surface area contributed by atoms with Crippen molar-refractivity contribution in [1.29, 1.82) is 0 Å². The largest absolute Gasteiger partial charge is 0.495 e. The Labute approximate surface area is 146 Å². The van der Waals surface area contributed by atoms with Crippen LogP contribution < -0.4 is 0 Å². The zero-order chi connectivity index (χ0) is 20.0. The van der Waals surface area contributed by atoms with Crippen LogP contribution in [0.15, 0.2) is 41.9 Å². The second kappa shape index (κ2) is 6.46. The van der Waals surface area contributed by atoms with Crippen LogP contribution in [-0.4, -0.2) is 49.9 Å². The van der Waals surface area contributed by atoms with Crippen LogP contribution in [0.4, 0.5) is 22.0 Å². The zero-order valence-corrected chi connectivity index (χ0v) is 14.4. The molecular weight excluding hydrogens is 387 g/mol. The predicted molar refractivity (Wildman–Crippen MR) is 80.3 cm³/mol. The number of alkyl halides is 4. The van der Waals surface area contributed by atoms with E-state index in [9.17, 15) is 21.6 Å². The van der Waals surface area contributed by atoms with Gasteiger partial charge in [-0.05, 0) is 5.56 Å². The van der Waals surface area contributed by atoms with Crippen molar-refractivity contribution in [3.05, 3.63) is 47.5 Å². The van der Waals surface area contributed by atoms with Crippen LogP contribution >= 0.6 is 0 Å². The Balaban J connectivity index is 2.86. The lowest BCUT2D eigenvalue weighted by molar-refractivity contribution is -0.243. The maximum absolute atomic E-state index is 15.5. The van der Waals surface area contributed by atoms with Crippen LogP contribution in [0.25, 0.3) is 0 Å². The third-order valence-corrected chi connectivity index (χ3v) is 5.42. The second-order valence-electron chi connectivity index (χ2n) is 5.65. The number of halogens is 5. The Morgan fingerprint density at radius 2 is 1.65 bits per heavy atom. The first kappa shape index (κ1) is 20.6. The van der Waals surface area contributed by atoms with Gasteiger partial charge in [-0.1, -0.05) is 30.3 Å². The summed E-state index contributed by atoms with van der Waals surface area (Å²) in [6, 6.07) is 6.26. The van der Waals surface area contributed by atoms with E-state index in [2.05, 4.69) is 9.47 Å². The summed E-state index contributed by atoms with van der Waals surface area (Å²) < 4.78 is 116. The molecule has 0 aromatic heterocycles. The van der Waals surface area contributed by atoms with Gasteiger partial charge < -0.3 is 9.47 Å². The van der Waals surface area contributed by atoms with Crippen molar-refractivity contribution >= 4 is 10.1 Å². The summed E-state index contributed by atoms with van der Waals surface area (Å²) in [6.07, 6.45) is -4.33. The normalized spacial score (nSPS) is 31.8. The van der Waals surface area contributed by atoms with Gasteiger partial charge in [0.2, 0.25) is 5.67 Å². The van der Waals surface area contributed by atoms with E-state index in [0.717, 1.165) is 12.1 Å². The van der Waals surface area contributed by atoms with Gasteiger partial charge in [-0.2, -0.15) is 17.2 Å². The molecule has 1 aliphatic carbocycles. The summed E-state index contributed by atoms with van der Waals surface area (Å²) in [5, 5.41) is -5.11. The average molecular weight is 402 g/mol. The van der Waals surface area contributed by atoms with Crippen molar-refractivity contribution in [3.63, 3.8) is 0 Å². The molecule has 1 aromatic rings. The fourth-order valence-electron chi connectivity index (χ4n) is 2.91. The zero-order valence-electron chi connectivity index (χ0n) is 13.5. The van der Waals surface area contributed by atoms with E-state index in [0.29, 0.717) is 14.2 Å². The van der Waals surface area contributed by atoms with Gasteiger partial charge in [0, 0.05) is 13.5 Å². The van der Waals surface area contributed by atoms with Gasteiger partial charge >= 0.3 is 21.0 Å². The third kappa shape index (κ3) is 2.60. The smallest absolute Gasteiger partial charge is 0.328 e. The van der Waals surface area contributed by atoms with Crippen molar-refractivity contribution in [3.8, 4) is 0 Å². The maximum atomic E-state index is 15.5. The molecule has 0 saturated heterocycles. The molecule has 0 spiro atoms. The number of hydrogen-bond donors (Lipinski definition) is 1. The Morgan fingerprint density at radius 1 is 1.12 bits per heavy atom. The summed E-state index contributed by atoms with van der Waals surface area (Å²) in [7, 11) is -5.04. The van der Waals surface area contributed by atoms with Crippen LogP contribution in [0.2, 0.25) is 0 Å². The van der Waals surface area contributed by atoms with Crippen molar-refractivity contribution in [2.24, 2.45) is 0 Å². The highest BCUT2D eigenvalue weighted by atomic mass is 32.2. The van der Waals surface area contributed by atoms with E-state index in [4.69, 9.17) is 4.55 Å². The molecule has 0 saturated carbocycles. The average Bonchev–Trinajstić information content (AvgIpc) is 2.56. The Morgan fingerprint density at radius 3 is 2.08 bits per heavy atom. The molecule has 0 bridgehead atoms. The minimum Gasteiger partial charge on any atom is -0.495 e. The first-order valence-electron chi connectivity index (χ1n) is 7.12. The van der Waals surface area contributed by atoms with Crippen molar-refractivity contribution in [2.75, 3.05) is 14.2 Å². The lowest BCUT2D eigenvalue weighted by atomic mass is 9.77. The molecule has 11 heteroatoms. The first-order chi connectivity index (χ1) is 11.9. The number of rotatable bonds is 5. The van der Waals surface area contributed by atoms with Crippen LogP contribution in [0.1, 0.15) is 5.56 Å². The molecule has 3 atom stereocenters. The summed E-state index contributed by atoms with van der Waals surface area (Å²) in [4.78, 5) is 0. The summed E-state index contributed by atoms with van der Waals surface area (Å²) >= 11 is 0. The summed E-state index contributed by atoms with van der Waals surface area (Å²) in [5.41, 5.74) is -4.99. The van der Waals surface area contributed by atoms with Gasteiger partial charge in [0.25, 0.3) is 0 Å². The molecule has 1 aromatic carbocycles.